The Morgan fingerprint density at radius 3 is 2.05 bits per heavy atom. The van der Waals surface area contributed by atoms with E-state index in [4.69, 9.17) is 4.55 Å². The molecule has 2 atom stereocenters. The molecule has 2 aromatic rings. The second kappa shape index (κ2) is 15.4. The molecule has 0 radical (unpaired) electrons. The Balaban J connectivity index is 0.00000146. The molecule has 1 aromatic heterocycles. The first-order chi connectivity index (χ1) is 18.4. The van der Waals surface area contributed by atoms with Crippen LogP contribution in [-0.4, -0.2) is 60.9 Å². The lowest BCUT2D eigenvalue weighted by Crippen LogP contribution is -2.51. The van der Waals surface area contributed by atoms with Crippen LogP contribution in [0.2, 0.25) is 0 Å². The van der Waals surface area contributed by atoms with Crippen LogP contribution in [-0.2, 0) is 29.7 Å². The molecule has 40 heavy (non-hydrogen) atoms. The van der Waals surface area contributed by atoms with E-state index in [1.54, 1.807) is 25.4 Å². The van der Waals surface area contributed by atoms with Crippen molar-refractivity contribution in [2.45, 2.75) is 40.5 Å². The maximum absolute atomic E-state index is 13.4. The van der Waals surface area contributed by atoms with Crippen molar-refractivity contribution >= 4 is 43.8 Å². The van der Waals surface area contributed by atoms with Crippen molar-refractivity contribution in [2.24, 2.45) is 17.8 Å². The molecule has 0 bridgehead atoms. The van der Waals surface area contributed by atoms with E-state index in [-0.39, 0.29) is 24.6 Å². The van der Waals surface area contributed by atoms with Crippen molar-refractivity contribution in [1.82, 2.24) is 20.9 Å². The van der Waals surface area contributed by atoms with Gasteiger partial charge in [0.2, 0.25) is 11.8 Å². The zero-order valence-electron chi connectivity index (χ0n) is 23.3. The van der Waals surface area contributed by atoms with E-state index >= 15 is 0 Å². The first kappa shape index (κ1) is 34.6. The number of hydroxylamine groups is 1. The number of nitrogens with zero attached hydrogens (tertiary/aromatic N) is 3. The zero-order chi connectivity index (χ0) is 30.7. The van der Waals surface area contributed by atoms with Crippen LogP contribution in [0.5, 0.6) is 0 Å². The number of anilines is 1. The highest BCUT2D eigenvalue weighted by Crippen LogP contribution is 2.26. The zero-order valence-corrected chi connectivity index (χ0v) is 24.9. The van der Waals surface area contributed by atoms with E-state index in [1.165, 1.54) is 6.07 Å². The van der Waals surface area contributed by atoms with Crippen LogP contribution in [0, 0.1) is 31.6 Å². The number of rotatable bonds is 11. The van der Waals surface area contributed by atoms with Crippen LogP contribution in [0.3, 0.4) is 0 Å². The molecule has 4 N–H and O–H groups in total. The summed E-state index contributed by atoms with van der Waals surface area (Å²) in [6.07, 6.45) is 5.66. The number of amides is 2. The van der Waals surface area contributed by atoms with Crippen molar-refractivity contribution in [1.29, 1.82) is 0 Å². The molecule has 0 fully saturated rings. The van der Waals surface area contributed by atoms with Crippen LogP contribution < -0.4 is 15.3 Å². The maximum atomic E-state index is 13.4. The summed E-state index contributed by atoms with van der Waals surface area (Å²) in [5, 5.41) is 9.36. The van der Waals surface area contributed by atoms with Crippen molar-refractivity contribution in [3.05, 3.63) is 59.6 Å². The van der Waals surface area contributed by atoms with Crippen LogP contribution in [0.4, 0.5) is 5.82 Å². The van der Waals surface area contributed by atoms with Crippen LogP contribution in [0.25, 0.3) is 6.08 Å². The van der Waals surface area contributed by atoms with E-state index in [0.29, 0.717) is 22.2 Å². The summed E-state index contributed by atoms with van der Waals surface area (Å²) in [4.78, 5) is 34.3. The molecule has 2 amide bonds. The third kappa shape index (κ3) is 13.1. The molecule has 0 aliphatic carbocycles. The van der Waals surface area contributed by atoms with Gasteiger partial charge < -0.3 is 0 Å². The van der Waals surface area contributed by atoms with E-state index in [2.05, 4.69) is 15.4 Å². The number of hydrogen-bond acceptors (Lipinski definition) is 9. The van der Waals surface area contributed by atoms with Crippen molar-refractivity contribution in [2.75, 3.05) is 16.9 Å². The average Bonchev–Trinajstić information content (AvgIpc) is 2.81. The van der Waals surface area contributed by atoms with Gasteiger partial charge >= 0.3 is 0 Å². The summed E-state index contributed by atoms with van der Waals surface area (Å²) in [6.45, 7) is 7.07. The predicted molar refractivity (Wildman–Crippen MR) is 151 cm³/mol. The third-order valence-electron chi connectivity index (χ3n) is 5.20. The minimum Gasteiger partial charge on any atom is -0.289 e. The summed E-state index contributed by atoms with van der Waals surface area (Å²) in [7, 11) is -7.63. The molecule has 0 aliphatic rings. The Morgan fingerprint density at radius 2 is 1.57 bits per heavy atom. The fourth-order valence-corrected chi connectivity index (χ4v) is 4.40. The number of carbonyl (C=O) groups is 2. The van der Waals surface area contributed by atoms with Gasteiger partial charge in [0.1, 0.15) is 5.82 Å². The first-order valence-electron chi connectivity index (χ1n) is 12.1. The van der Waals surface area contributed by atoms with Gasteiger partial charge in [-0.3, -0.25) is 24.8 Å². The largest absolute Gasteiger partial charge is 0.289 e. The Morgan fingerprint density at radius 1 is 1.00 bits per heavy atom. The maximum Gasteiger partial charge on any atom is 0.261 e. The average molecular weight is 600 g/mol. The lowest BCUT2D eigenvalue weighted by atomic mass is 9.82. The molecule has 15 heteroatoms. The van der Waals surface area contributed by atoms with Gasteiger partial charge in [-0.05, 0) is 38.2 Å². The Bertz CT molecular complexity index is 1350. The van der Waals surface area contributed by atoms with Crippen molar-refractivity contribution < 1.29 is 36.2 Å². The quantitative estimate of drug-likeness (QED) is 0.169. The highest BCUT2D eigenvalue weighted by molar-refractivity contribution is 7.92. The molecule has 0 aliphatic heterocycles. The second-order valence-corrected chi connectivity index (χ2v) is 12.8. The minimum absolute atomic E-state index is 0.00747. The van der Waals surface area contributed by atoms with Gasteiger partial charge in [-0.2, -0.15) is 12.8 Å². The summed E-state index contributed by atoms with van der Waals surface area (Å²) < 4.78 is 51.6. The van der Waals surface area contributed by atoms with E-state index in [9.17, 15) is 31.6 Å². The Kier molecular flexibility index (Phi) is 13.3. The van der Waals surface area contributed by atoms with E-state index in [0.717, 1.165) is 11.8 Å². The number of allylic oxidation sites excluding steroid dienone is 1. The molecule has 0 saturated heterocycles. The van der Waals surface area contributed by atoms with Gasteiger partial charge in [0.15, 0.2) is 5.82 Å². The lowest BCUT2D eigenvalue weighted by molar-refractivity contribution is -0.140. The number of carbonyl (C=O) groups excluding carboxylic acids is 2. The number of sulfonamides is 1. The summed E-state index contributed by atoms with van der Waals surface area (Å²) in [5.41, 5.74) is 5.52. The molecule has 13 nitrogen and oxygen atoms in total. The monoisotopic (exact) mass is 599 g/mol. The fourth-order valence-electron chi connectivity index (χ4n) is 3.71. The topological polar surface area (TPSA) is 196 Å². The highest BCUT2D eigenvalue weighted by Gasteiger charge is 2.35. The molecule has 2 rings (SSSR count). The minimum atomic E-state index is -3.97. The SMILES string of the molecule is CS(=O)(=O)O.Cc1cc(N(NC(=O)[C@H](CC(C)C)[C@H](CC=Cc2ccccc2)C(=O)NO)S(C)(=O)=O)nc(C)n1. The van der Waals surface area contributed by atoms with Gasteiger partial charge in [0, 0.05) is 11.8 Å². The van der Waals surface area contributed by atoms with E-state index in [1.807, 2.05) is 50.3 Å². The molecule has 222 valence electrons. The van der Waals surface area contributed by atoms with Gasteiger partial charge in [-0.15, -0.1) is 0 Å². The summed E-state index contributed by atoms with van der Waals surface area (Å²) >= 11 is 0. The Hall–Kier alpha value is -3.40. The van der Waals surface area contributed by atoms with Gasteiger partial charge in [-0.25, -0.2) is 23.9 Å². The lowest BCUT2D eigenvalue weighted by Gasteiger charge is -2.29. The highest BCUT2D eigenvalue weighted by atomic mass is 32.2. The second-order valence-electron chi connectivity index (χ2n) is 9.52. The van der Waals surface area contributed by atoms with Gasteiger partial charge in [0.25, 0.3) is 20.1 Å². The first-order valence-corrected chi connectivity index (χ1v) is 15.8. The third-order valence-corrected chi connectivity index (χ3v) is 6.14. The van der Waals surface area contributed by atoms with Gasteiger partial charge in [0.05, 0.1) is 24.3 Å². The smallest absolute Gasteiger partial charge is 0.261 e. The predicted octanol–water partition coefficient (Wildman–Crippen LogP) is 2.28. The van der Waals surface area contributed by atoms with Crippen molar-refractivity contribution in [3.8, 4) is 0 Å². The number of hydrogen-bond donors (Lipinski definition) is 4. The standard InChI is InChI=1S/C24H33N5O5S.CH4O3S/c1-16(2)14-21(20(24(31)28-32)13-9-12-19-10-7-6-8-11-19)23(30)27-29(35(5,33)34)22-15-17(3)25-18(4)26-22;1-5(2,3)4/h6-12,15-16,20-21,32H,13-14H2,1-5H3,(H,27,30)(H,28,31);1H3,(H,2,3,4)/t20-,21+;/m0./s1. The molecule has 0 spiro atoms. The molecule has 1 heterocycles. The fraction of sp³-hybridized carbons (Fsp3) is 0.440. The molecular weight excluding hydrogens is 562 g/mol. The number of aryl methyl sites for hydroxylation is 2. The van der Waals surface area contributed by atoms with Gasteiger partial charge in [-0.1, -0.05) is 56.3 Å². The number of benzene rings is 1. The molecule has 1 aromatic carbocycles. The summed E-state index contributed by atoms with van der Waals surface area (Å²) in [6, 6.07) is 10.9. The number of hydrazine groups is 1. The normalized spacial score (nSPS) is 13.2. The number of nitrogens with one attached hydrogen (secondary N) is 2. The van der Waals surface area contributed by atoms with Crippen LogP contribution >= 0.6 is 0 Å². The van der Waals surface area contributed by atoms with E-state index < -0.39 is 43.8 Å². The van der Waals surface area contributed by atoms with Crippen LogP contribution in [0.1, 0.15) is 43.8 Å². The number of aromatic nitrogens is 2. The van der Waals surface area contributed by atoms with Crippen molar-refractivity contribution in [3.63, 3.8) is 0 Å². The summed E-state index contributed by atoms with van der Waals surface area (Å²) in [5.74, 6) is -2.96. The molecular formula is C25H37N5O8S2. The Labute approximate surface area is 235 Å². The van der Waals surface area contributed by atoms with Crippen LogP contribution in [0.15, 0.2) is 42.5 Å². The molecule has 0 saturated carbocycles. The molecule has 0 unspecified atom stereocenters.